The smallest absolute Gasteiger partial charge is 0.420 e. The van der Waals surface area contributed by atoms with Crippen LogP contribution in [0, 0.1) is 0 Å². The van der Waals surface area contributed by atoms with Crippen LogP contribution >= 0.6 is 0 Å². The molecule has 136 valence electrons. The van der Waals surface area contributed by atoms with Gasteiger partial charge in [-0.05, 0) is 56.1 Å². The van der Waals surface area contributed by atoms with Crippen molar-refractivity contribution in [3.63, 3.8) is 0 Å². The van der Waals surface area contributed by atoms with E-state index in [9.17, 15) is 4.79 Å². The maximum Gasteiger partial charge on any atom is 0.420 e. The highest BCUT2D eigenvalue weighted by Crippen LogP contribution is 2.26. The van der Waals surface area contributed by atoms with E-state index in [4.69, 9.17) is 9.15 Å². The number of benzene rings is 2. The van der Waals surface area contributed by atoms with Gasteiger partial charge in [0.2, 0.25) is 0 Å². The van der Waals surface area contributed by atoms with Crippen molar-refractivity contribution in [3.05, 3.63) is 64.6 Å². The van der Waals surface area contributed by atoms with E-state index in [1.165, 1.54) is 5.56 Å². The number of likely N-dealkylation sites (tertiary alicyclic amines) is 1. The Morgan fingerprint density at radius 3 is 2.77 bits per heavy atom. The topological polar surface area (TPSA) is 47.6 Å². The van der Waals surface area contributed by atoms with Crippen LogP contribution in [-0.4, -0.2) is 29.2 Å². The minimum atomic E-state index is -0.251. The van der Waals surface area contributed by atoms with E-state index >= 15 is 0 Å². The predicted octanol–water partition coefficient (Wildman–Crippen LogP) is 3.83. The lowest BCUT2D eigenvalue weighted by molar-refractivity contribution is 0.168. The third-order valence-corrected chi connectivity index (χ3v) is 5.01. The molecular weight excluding hydrogens is 328 g/mol. The van der Waals surface area contributed by atoms with Gasteiger partial charge in [0, 0.05) is 13.1 Å². The van der Waals surface area contributed by atoms with E-state index < -0.39 is 0 Å². The summed E-state index contributed by atoms with van der Waals surface area (Å²) in [5, 5.41) is 0. The highest BCUT2D eigenvalue weighted by molar-refractivity contribution is 5.72. The number of hydrogen-bond acceptors (Lipinski definition) is 4. The quantitative estimate of drug-likeness (QED) is 0.700. The molecule has 2 aromatic carbocycles. The molecule has 0 radical (unpaired) electrons. The number of rotatable bonds is 5. The highest BCUT2D eigenvalue weighted by Gasteiger charge is 2.25. The van der Waals surface area contributed by atoms with Crippen molar-refractivity contribution in [3.8, 4) is 5.75 Å². The summed E-state index contributed by atoms with van der Waals surface area (Å²) in [6.45, 7) is 5.46. The molecule has 1 aliphatic heterocycles. The van der Waals surface area contributed by atoms with Gasteiger partial charge >= 0.3 is 5.76 Å². The third kappa shape index (κ3) is 3.40. The van der Waals surface area contributed by atoms with Gasteiger partial charge in [0.25, 0.3) is 0 Å². The van der Waals surface area contributed by atoms with E-state index in [-0.39, 0.29) is 11.8 Å². The van der Waals surface area contributed by atoms with E-state index in [0.717, 1.165) is 43.7 Å². The molecule has 2 heterocycles. The number of hydrogen-bond donors (Lipinski definition) is 0. The van der Waals surface area contributed by atoms with Crippen molar-refractivity contribution in [2.45, 2.75) is 32.4 Å². The Morgan fingerprint density at radius 2 is 1.96 bits per heavy atom. The van der Waals surface area contributed by atoms with Gasteiger partial charge in [-0.2, -0.15) is 0 Å². The summed E-state index contributed by atoms with van der Waals surface area (Å²) >= 11 is 0. The zero-order chi connectivity index (χ0) is 17.9. The van der Waals surface area contributed by atoms with Gasteiger partial charge in [-0.25, -0.2) is 4.79 Å². The fourth-order valence-electron chi connectivity index (χ4n) is 3.83. The van der Waals surface area contributed by atoms with Gasteiger partial charge in [0.05, 0.1) is 18.2 Å². The van der Waals surface area contributed by atoms with Crippen LogP contribution in [-0.2, 0) is 6.54 Å². The van der Waals surface area contributed by atoms with Crippen molar-refractivity contribution < 1.29 is 9.15 Å². The van der Waals surface area contributed by atoms with Crippen LogP contribution in [0.5, 0.6) is 5.75 Å². The monoisotopic (exact) mass is 352 g/mol. The first-order chi connectivity index (χ1) is 12.7. The number of fused-ring (bicyclic) bond motifs is 1. The van der Waals surface area contributed by atoms with Gasteiger partial charge in [-0.15, -0.1) is 0 Å². The maximum atomic E-state index is 12.4. The van der Waals surface area contributed by atoms with Crippen molar-refractivity contribution >= 4 is 11.1 Å². The zero-order valence-electron chi connectivity index (χ0n) is 15.1. The van der Waals surface area contributed by atoms with Crippen molar-refractivity contribution in [1.82, 2.24) is 9.47 Å². The first-order valence-electron chi connectivity index (χ1n) is 9.29. The van der Waals surface area contributed by atoms with E-state index in [0.29, 0.717) is 12.2 Å². The second kappa shape index (κ2) is 7.38. The first kappa shape index (κ1) is 16.9. The van der Waals surface area contributed by atoms with Crippen LogP contribution in [0.4, 0.5) is 0 Å². The molecule has 1 aliphatic rings. The molecule has 5 nitrogen and oxygen atoms in total. The number of nitrogens with zero attached hydrogens (tertiary/aromatic N) is 2. The minimum absolute atomic E-state index is 0.155. The Morgan fingerprint density at radius 1 is 1.15 bits per heavy atom. The van der Waals surface area contributed by atoms with Crippen LogP contribution in [0.3, 0.4) is 0 Å². The van der Waals surface area contributed by atoms with Gasteiger partial charge in [0.15, 0.2) is 5.58 Å². The molecule has 0 spiro atoms. The SMILES string of the molecule is CCOc1ccc(CN2CCC[C@H](n3c(=O)oc4ccccc43)C2)cc1. The number of piperidine rings is 1. The number of ether oxygens (including phenoxy) is 1. The van der Waals surface area contributed by atoms with E-state index in [1.54, 1.807) is 0 Å². The molecule has 26 heavy (non-hydrogen) atoms. The second-order valence-electron chi connectivity index (χ2n) is 6.81. The molecular formula is C21H24N2O3. The Kier molecular flexibility index (Phi) is 4.80. The summed E-state index contributed by atoms with van der Waals surface area (Å²) in [6, 6.07) is 16.1. The molecule has 0 N–H and O–H groups in total. The standard InChI is InChI=1S/C21H24N2O3/c1-2-25-18-11-9-16(10-12-18)14-22-13-5-6-17(15-22)23-19-7-3-4-8-20(19)26-21(23)24/h3-4,7-12,17H,2,5-6,13-15H2,1H3/t17-/m0/s1. The largest absolute Gasteiger partial charge is 0.494 e. The molecule has 0 amide bonds. The maximum absolute atomic E-state index is 12.4. The lowest BCUT2D eigenvalue weighted by atomic mass is 10.0. The zero-order valence-corrected chi connectivity index (χ0v) is 15.1. The van der Waals surface area contributed by atoms with E-state index in [1.807, 2.05) is 47.9 Å². The molecule has 0 saturated carbocycles. The molecule has 0 aliphatic carbocycles. The summed E-state index contributed by atoms with van der Waals surface area (Å²) in [4.78, 5) is 14.8. The number of aromatic nitrogens is 1. The van der Waals surface area contributed by atoms with Crippen molar-refractivity contribution in [1.29, 1.82) is 0 Å². The summed E-state index contributed by atoms with van der Waals surface area (Å²) < 4.78 is 12.8. The average molecular weight is 352 g/mol. The lowest BCUT2D eigenvalue weighted by Gasteiger charge is -2.33. The molecule has 0 unspecified atom stereocenters. The summed E-state index contributed by atoms with van der Waals surface area (Å²) in [5.41, 5.74) is 2.82. The van der Waals surface area contributed by atoms with Crippen LogP contribution in [0.25, 0.3) is 11.1 Å². The first-order valence-corrected chi connectivity index (χ1v) is 9.29. The van der Waals surface area contributed by atoms with Crippen LogP contribution in [0.1, 0.15) is 31.4 Å². The summed E-state index contributed by atoms with van der Waals surface area (Å²) in [5.74, 6) is 0.656. The van der Waals surface area contributed by atoms with Crippen LogP contribution in [0.2, 0.25) is 0 Å². The molecule has 3 aromatic rings. The Bertz CT molecular complexity index is 926. The van der Waals surface area contributed by atoms with Crippen molar-refractivity contribution in [2.75, 3.05) is 19.7 Å². The van der Waals surface area contributed by atoms with Gasteiger partial charge in [0.1, 0.15) is 5.75 Å². The minimum Gasteiger partial charge on any atom is -0.494 e. The molecule has 1 fully saturated rings. The molecule has 1 atom stereocenters. The third-order valence-electron chi connectivity index (χ3n) is 5.01. The number of para-hydroxylation sites is 2. The Labute approximate surface area is 152 Å². The number of oxazole rings is 1. The van der Waals surface area contributed by atoms with Crippen molar-refractivity contribution in [2.24, 2.45) is 0 Å². The van der Waals surface area contributed by atoms with E-state index in [2.05, 4.69) is 17.0 Å². The predicted molar refractivity (Wildman–Crippen MR) is 102 cm³/mol. The Hall–Kier alpha value is -2.53. The molecule has 0 bridgehead atoms. The van der Waals surface area contributed by atoms with Crippen LogP contribution in [0.15, 0.2) is 57.7 Å². The molecule has 5 heteroatoms. The second-order valence-corrected chi connectivity index (χ2v) is 6.81. The Balaban J connectivity index is 1.50. The summed E-state index contributed by atoms with van der Waals surface area (Å²) in [7, 11) is 0. The van der Waals surface area contributed by atoms with Gasteiger partial charge < -0.3 is 9.15 Å². The molecule has 4 rings (SSSR count). The fourth-order valence-corrected chi connectivity index (χ4v) is 3.83. The fraction of sp³-hybridized carbons (Fsp3) is 0.381. The highest BCUT2D eigenvalue weighted by atomic mass is 16.5. The van der Waals surface area contributed by atoms with Gasteiger partial charge in [-0.1, -0.05) is 24.3 Å². The average Bonchev–Trinajstić information content (AvgIpc) is 2.99. The summed E-state index contributed by atoms with van der Waals surface area (Å²) in [6.07, 6.45) is 2.08. The van der Waals surface area contributed by atoms with Gasteiger partial charge in [-0.3, -0.25) is 9.47 Å². The molecule has 1 saturated heterocycles. The lowest BCUT2D eigenvalue weighted by Crippen LogP contribution is -2.38. The normalized spacial score (nSPS) is 18.3. The molecule has 1 aromatic heterocycles. The van der Waals surface area contributed by atoms with Crippen LogP contribution < -0.4 is 10.5 Å².